The Hall–Kier alpha value is -4.02. The first-order valence-electron chi connectivity index (χ1n) is 13.1. The molecular formula is C28H31N5O6S. The number of carbonyl (C=O) groups is 2. The molecule has 1 fully saturated rings. The van der Waals surface area contributed by atoms with E-state index >= 15 is 0 Å². The fourth-order valence-electron chi connectivity index (χ4n) is 4.97. The lowest BCUT2D eigenvalue weighted by Crippen LogP contribution is -2.40. The van der Waals surface area contributed by atoms with Gasteiger partial charge in [-0.1, -0.05) is 5.11 Å². The summed E-state index contributed by atoms with van der Waals surface area (Å²) < 4.78 is 18.6. The molecule has 3 heterocycles. The van der Waals surface area contributed by atoms with Crippen molar-refractivity contribution in [2.45, 2.75) is 64.8 Å². The third-order valence-electron chi connectivity index (χ3n) is 6.82. The van der Waals surface area contributed by atoms with Crippen LogP contribution >= 0.6 is 11.3 Å². The Bertz CT molecular complexity index is 1610. The largest absolute Gasteiger partial charge is 0.494 e. The molecular weight excluding hydrogens is 534 g/mol. The zero-order chi connectivity index (χ0) is 28.8. The average Bonchev–Trinajstić information content (AvgIpc) is 3.65. The summed E-state index contributed by atoms with van der Waals surface area (Å²) in [7, 11) is 1.56. The molecule has 0 saturated heterocycles. The van der Waals surface area contributed by atoms with E-state index in [9.17, 15) is 19.9 Å². The first-order chi connectivity index (χ1) is 19.1. The summed E-state index contributed by atoms with van der Waals surface area (Å²) in [6.07, 6.45) is 2.97. The van der Waals surface area contributed by atoms with Crippen LogP contribution < -0.4 is 10.2 Å². The van der Waals surface area contributed by atoms with Gasteiger partial charge in [0.05, 0.1) is 37.2 Å². The molecule has 12 heteroatoms. The molecule has 1 aliphatic heterocycles. The van der Waals surface area contributed by atoms with Crippen LogP contribution in [0.15, 0.2) is 34.3 Å². The number of esters is 1. The summed E-state index contributed by atoms with van der Waals surface area (Å²) in [5, 5.41) is 4.35. The minimum Gasteiger partial charge on any atom is -0.494 e. The van der Waals surface area contributed by atoms with Gasteiger partial charge in [0.25, 0.3) is 0 Å². The van der Waals surface area contributed by atoms with E-state index in [1.54, 1.807) is 58.0 Å². The molecule has 1 saturated carbocycles. The van der Waals surface area contributed by atoms with Gasteiger partial charge in [0, 0.05) is 39.0 Å². The Balaban J connectivity index is 1.63. The molecule has 0 spiro atoms. The quantitative estimate of drug-likeness (QED) is 0.148. The van der Waals surface area contributed by atoms with E-state index in [1.807, 2.05) is 10.6 Å². The van der Waals surface area contributed by atoms with Gasteiger partial charge in [-0.05, 0) is 69.8 Å². The summed E-state index contributed by atoms with van der Waals surface area (Å²) in [6, 6.07) is 5.05. The number of benzene rings is 1. The molecule has 11 nitrogen and oxygen atoms in total. The molecule has 0 bridgehead atoms. The van der Waals surface area contributed by atoms with E-state index in [2.05, 4.69) is 10.0 Å². The van der Waals surface area contributed by atoms with Crippen LogP contribution in [0.2, 0.25) is 0 Å². The molecule has 1 aliphatic carbocycles. The highest BCUT2D eigenvalue weighted by atomic mass is 32.1. The predicted octanol–water partition coefficient (Wildman–Crippen LogP) is 6.35. The maximum Gasteiger partial charge on any atom is 0.410 e. The number of aromatic nitrogens is 1. The molecule has 2 aromatic heterocycles. The minimum atomic E-state index is -0.658. The normalized spacial score (nSPS) is 16.7. The summed E-state index contributed by atoms with van der Waals surface area (Å²) in [6.45, 7) is 7.81. The van der Waals surface area contributed by atoms with Crippen LogP contribution in [-0.2, 0) is 16.0 Å². The van der Waals surface area contributed by atoms with Crippen molar-refractivity contribution in [2.24, 2.45) is 5.11 Å². The van der Waals surface area contributed by atoms with Crippen LogP contribution in [0.5, 0.6) is 5.75 Å². The lowest BCUT2D eigenvalue weighted by atomic mass is 10.0. The second-order valence-electron chi connectivity index (χ2n) is 10.8. The number of ether oxygens (including phenoxy) is 3. The van der Waals surface area contributed by atoms with E-state index < -0.39 is 29.1 Å². The Kier molecular flexibility index (Phi) is 7.24. The number of methoxy groups -OCH3 is 1. The van der Waals surface area contributed by atoms with Crippen molar-refractivity contribution in [3.63, 3.8) is 0 Å². The number of nitrogens with zero attached hydrogens (tertiary/aromatic N) is 5. The molecule has 0 radical (unpaired) electrons. The molecule has 1 aromatic carbocycles. The lowest BCUT2D eigenvalue weighted by molar-refractivity contribution is 0.0209. The smallest absolute Gasteiger partial charge is 0.410 e. The van der Waals surface area contributed by atoms with Gasteiger partial charge in [0.1, 0.15) is 11.2 Å². The maximum absolute atomic E-state index is 13.4. The van der Waals surface area contributed by atoms with E-state index in [-0.39, 0.29) is 24.8 Å². The van der Waals surface area contributed by atoms with Gasteiger partial charge in [-0.2, -0.15) is 0 Å². The van der Waals surface area contributed by atoms with Crippen LogP contribution in [0.1, 0.15) is 73.4 Å². The number of hydrogen-bond acceptors (Lipinski definition) is 8. The highest BCUT2D eigenvalue weighted by molar-refractivity contribution is 7.15. The molecule has 1 atom stereocenters. The van der Waals surface area contributed by atoms with Crippen molar-refractivity contribution in [2.75, 3.05) is 20.3 Å². The fourth-order valence-corrected chi connectivity index (χ4v) is 6.22. The van der Waals surface area contributed by atoms with E-state index in [0.717, 1.165) is 33.7 Å². The first kappa shape index (κ1) is 27.5. The monoisotopic (exact) mass is 565 g/mol. The second kappa shape index (κ2) is 10.5. The topological polar surface area (TPSA) is 136 Å². The predicted molar refractivity (Wildman–Crippen MR) is 151 cm³/mol. The Morgan fingerprint density at radius 2 is 2.00 bits per heavy atom. The van der Waals surface area contributed by atoms with Crippen molar-refractivity contribution >= 4 is 34.3 Å². The van der Waals surface area contributed by atoms with E-state index in [0.29, 0.717) is 23.2 Å². The van der Waals surface area contributed by atoms with Gasteiger partial charge in [-0.15, -0.1) is 11.3 Å². The van der Waals surface area contributed by atoms with Crippen LogP contribution in [0.3, 0.4) is 0 Å². The van der Waals surface area contributed by atoms with Gasteiger partial charge in [-0.25, -0.2) is 9.59 Å². The summed E-state index contributed by atoms with van der Waals surface area (Å²) in [5.74, 6) is -0.128. The number of hydrogen-bond donors (Lipinski definition) is 0. The molecule has 0 N–H and O–H groups in total. The molecule has 40 heavy (non-hydrogen) atoms. The Morgan fingerprint density at radius 1 is 1.25 bits per heavy atom. The van der Waals surface area contributed by atoms with Gasteiger partial charge < -0.3 is 23.7 Å². The molecule has 5 rings (SSSR count). The number of amides is 1. The third kappa shape index (κ3) is 5.12. The van der Waals surface area contributed by atoms with E-state index in [1.165, 1.54) is 11.3 Å². The number of fused-ring (bicyclic) bond motifs is 2. The molecule has 210 valence electrons. The SMILES string of the molecule is CCOC(=O)c1cn(C2CC2)c2c(OC)c(-c3cc4c(s3)CN(C(=O)OC(C)(C)C)CC4N=[N+]=[N-])ccc2c1=O. The van der Waals surface area contributed by atoms with Crippen molar-refractivity contribution in [1.82, 2.24) is 9.47 Å². The highest BCUT2D eigenvalue weighted by Gasteiger charge is 2.34. The first-order valence-corrected chi connectivity index (χ1v) is 14.0. The number of thiophene rings is 1. The third-order valence-corrected chi connectivity index (χ3v) is 7.99. The van der Waals surface area contributed by atoms with Crippen LogP contribution in [-0.4, -0.2) is 47.4 Å². The van der Waals surface area contributed by atoms with Crippen LogP contribution in [0.25, 0.3) is 31.8 Å². The van der Waals surface area contributed by atoms with Gasteiger partial charge in [-0.3, -0.25) is 4.79 Å². The lowest BCUT2D eigenvalue weighted by Gasteiger charge is -2.32. The molecule has 3 aromatic rings. The van der Waals surface area contributed by atoms with Crippen LogP contribution in [0, 0.1) is 0 Å². The highest BCUT2D eigenvalue weighted by Crippen LogP contribution is 2.46. The standard InChI is InChI=1S/C28H31N5O6S/c1-6-38-26(35)19-12-33(15-7-8-15)23-17(24(19)34)10-9-16(25(23)37-5)21-11-18-20(30-31-29)13-32(14-22(18)40-21)27(36)39-28(2,3)4/h9-12,15,20H,6-8,13-14H2,1-5H3. The summed E-state index contributed by atoms with van der Waals surface area (Å²) >= 11 is 1.47. The van der Waals surface area contributed by atoms with Crippen LogP contribution in [0.4, 0.5) is 4.79 Å². The number of rotatable bonds is 6. The van der Waals surface area contributed by atoms with Crippen molar-refractivity contribution in [1.29, 1.82) is 0 Å². The van der Waals surface area contributed by atoms with E-state index in [4.69, 9.17) is 14.2 Å². The van der Waals surface area contributed by atoms with Crippen molar-refractivity contribution in [3.05, 3.63) is 61.1 Å². The van der Waals surface area contributed by atoms with Crippen molar-refractivity contribution < 1.29 is 23.8 Å². The minimum absolute atomic E-state index is 0.00193. The Labute approximate surface area is 234 Å². The maximum atomic E-state index is 13.4. The molecule has 1 amide bonds. The Morgan fingerprint density at radius 3 is 2.62 bits per heavy atom. The molecule has 2 aliphatic rings. The fraction of sp³-hybridized carbons (Fsp3) is 0.464. The number of pyridine rings is 1. The average molecular weight is 566 g/mol. The van der Waals surface area contributed by atoms with Gasteiger partial charge in [0.2, 0.25) is 5.43 Å². The summed E-state index contributed by atoms with van der Waals surface area (Å²) in [5.41, 5.74) is 10.4. The summed E-state index contributed by atoms with van der Waals surface area (Å²) in [4.78, 5) is 45.1. The van der Waals surface area contributed by atoms with Gasteiger partial charge >= 0.3 is 12.1 Å². The molecule has 1 unspecified atom stereocenters. The second-order valence-corrected chi connectivity index (χ2v) is 12.0. The number of carbonyl (C=O) groups excluding carboxylic acids is 2. The van der Waals surface area contributed by atoms with Gasteiger partial charge in [0.15, 0.2) is 5.75 Å². The number of azide groups is 1. The zero-order valence-corrected chi connectivity index (χ0v) is 23.9. The van der Waals surface area contributed by atoms with Crippen molar-refractivity contribution in [3.8, 4) is 16.2 Å². The zero-order valence-electron chi connectivity index (χ0n) is 23.1.